The molecule has 1 aromatic rings. The van der Waals surface area contributed by atoms with E-state index in [1.807, 2.05) is 0 Å². The van der Waals surface area contributed by atoms with Crippen LogP contribution in [-0.2, 0) is 9.59 Å². The van der Waals surface area contributed by atoms with Gasteiger partial charge < -0.3 is 9.32 Å². The fourth-order valence-corrected chi connectivity index (χ4v) is 2.02. The Hall–Kier alpha value is -2.63. The fourth-order valence-electron chi connectivity index (χ4n) is 2.02. The summed E-state index contributed by atoms with van der Waals surface area (Å²) in [5, 5.41) is 0. The molecule has 1 fully saturated rings. The second-order valence-electron chi connectivity index (χ2n) is 4.54. The molecule has 1 aliphatic rings. The Kier molecular flexibility index (Phi) is 4.37. The first kappa shape index (κ1) is 14.8. The molecule has 1 saturated heterocycles. The van der Waals surface area contributed by atoms with Crippen molar-refractivity contribution in [3.8, 4) is 0 Å². The van der Waals surface area contributed by atoms with Gasteiger partial charge in [-0.15, -0.1) is 0 Å². The molecular weight excluding hydrogens is 270 g/mol. The van der Waals surface area contributed by atoms with E-state index in [0.717, 1.165) is 0 Å². The molecule has 2 rings (SSSR count). The van der Waals surface area contributed by atoms with Crippen LogP contribution in [-0.4, -0.2) is 41.3 Å². The van der Waals surface area contributed by atoms with Gasteiger partial charge in [0.25, 0.3) is 0 Å². The van der Waals surface area contributed by atoms with E-state index in [4.69, 9.17) is 4.42 Å². The minimum absolute atomic E-state index is 0.00408. The number of oxazole rings is 1. The van der Waals surface area contributed by atoms with Gasteiger partial charge in [0.05, 0.1) is 0 Å². The summed E-state index contributed by atoms with van der Waals surface area (Å²) in [6.07, 6.45) is 6.35. The van der Waals surface area contributed by atoms with Gasteiger partial charge in [0.1, 0.15) is 18.0 Å². The molecular formula is C15H17N3O3. The molecule has 2 heterocycles. The van der Waals surface area contributed by atoms with Crippen molar-refractivity contribution in [1.29, 1.82) is 0 Å². The average Bonchev–Trinajstić information content (AvgIpc) is 2.84. The number of rotatable bonds is 4. The van der Waals surface area contributed by atoms with Crippen LogP contribution in [0.5, 0.6) is 0 Å². The second-order valence-corrected chi connectivity index (χ2v) is 4.54. The Morgan fingerprint density at radius 1 is 1.38 bits per heavy atom. The maximum Gasteiger partial charge on any atom is 0.304 e. The topological polar surface area (TPSA) is 66.7 Å². The van der Waals surface area contributed by atoms with Crippen LogP contribution in [0.25, 0.3) is 6.08 Å². The van der Waals surface area contributed by atoms with E-state index in [-0.39, 0.29) is 24.4 Å². The number of anilines is 1. The number of allylic oxidation sites excluding steroid dienone is 2. The van der Waals surface area contributed by atoms with Gasteiger partial charge in [-0.3, -0.25) is 14.5 Å². The van der Waals surface area contributed by atoms with E-state index in [9.17, 15) is 9.59 Å². The number of hydrogen-bond donors (Lipinski definition) is 0. The highest BCUT2D eigenvalue weighted by atomic mass is 16.4. The summed E-state index contributed by atoms with van der Waals surface area (Å²) >= 11 is 0. The Bertz CT molecular complexity index is 616. The molecule has 21 heavy (non-hydrogen) atoms. The van der Waals surface area contributed by atoms with Gasteiger partial charge in [-0.25, -0.2) is 0 Å². The van der Waals surface area contributed by atoms with Gasteiger partial charge in [-0.1, -0.05) is 25.3 Å². The van der Waals surface area contributed by atoms with Crippen molar-refractivity contribution in [3.63, 3.8) is 0 Å². The zero-order chi connectivity index (χ0) is 15.4. The maximum atomic E-state index is 12.1. The van der Waals surface area contributed by atoms with Crippen molar-refractivity contribution in [2.24, 2.45) is 0 Å². The summed E-state index contributed by atoms with van der Waals surface area (Å²) in [5.74, 6) is 0.152. The Labute approximate surface area is 123 Å². The third-order valence-corrected chi connectivity index (χ3v) is 3.15. The number of aromatic nitrogens is 1. The van der Waals surface area contributed by atoms with Crippen LogP contribution in [0.1, 0.15) is 11.5 Å². The largest absolute Gasteiger partial charge is 0.428 e. The Balaban J connectivity index is 2.15. The van der Waals surface area contributed by atoms with Gasteiger partial charge in [0.15, 0.2) is 0 Å². The summed E-state index contributed by atoms with van der Waals surface area (Å²) in [6, 6.07) is 0.256. The first-order valence-corrected chi connectivity index (χ1v) is 6.55. The number of piperazine rings is 1. The van der Waals surface area contributed by atoms with Gasteiger partial charge in [0.2, 0.25) is 11.8 Å². The smallest absolute Gasteiger partial charge is 0.304 e. The average molecular weight is 287 g/mol. The second kappa shape index (κ2) is 6.21. The lowest BCUT2D eigenvalue weighted by atomic mass is 10.3. The highest BCUT2D eigenvalue weighted by molar-refractivity contribution is 5.98. The standard InChI is InChI=1S/C15H17N3O3/c1-4-6-7-12-11(3)21-15(16-12)18-9-8-17(10-14(18)20)13(19)5-2/h4-7H,1-2,8-10H2,3H3/b7-6-. The molecule has 6 heteroatoms. The van der Waals surface area contributed by atoms with Gasteiger partial charge in [-0.2, -0.15) is 4.98 Å². The number of amides is 2. The summed E-state index contributed by atoms with van der Waals surface area (Å²) < 4.78 is 5.53. The van der Waals surface area contributed by atoms with Crippen LogP contribution >= 0.6 is 0 Å². The van der Waals surface area contributed by atoms with Crippen molar-refractivity contribution in [2.75, 3.05) is 24.5 Å². The van der Waals surface area contributed by atoms with Crippen LogP contribution in [0.15, 0.2) is 35.8 Å². The number of hydrogen-bond acceptors (Lipinski definition) is 4. The fraction of sp³-hybridized carbons (Fsp3) is 0.267. The minimum Gasteiger partial charge on any atom is -0.428 e. The van der Waals surface area contributed by atoms with Crippen LogP contribution < -0.4 is 4.90 Å². The lowest BCUT2D eigenvalue weighted by Crippen LogP contribution is -2.52. The third kappa shape index (κ3) is 3.10. The molecule has 0 spiro atoms. The molecule has 1 aromatic heterocycles. The summed E-state index contributed by atoms with van der Waals surface area (Å²) in [4.78, 5) is 30.8. The minimum atomic E-state index is -0.249. The Morgan fingerprint density at radius 3 is 2.76 bits per heavy atom. The van der Waals surface area contributed by atoms with E-state index >= 15 is 0 Å². The van der Waals surface area contributed by atoms with E-state index in [0.29, 0.717) is 24.5 Å². The molecule has 0 unspecified atom stereocenters. The van der Waals surface area contributed by atoms with Crippen LogP contribution in [0.2, 0.25) is 0 Å². The first-order valence-electron chi connectivity index (χ1n) is 6.55. The van der Waals surface area contributed by atoms with Crippen LogP contribution in [0.4, 0.5) is 6.01 Å². The molecule has 0 N–H and O–H groups in total. The van der Waals surface area contributed by atoms with E-state index < -0.39 is 0 Å². The molecule has 6 nitrogen and oxygen atoms in total. The molecule has 0 atom stereocenters. The normalized spacial score (nSPS) is 15.6. The van der Waals surface area contributed by atoms with Crippen LogP contribution in [0, 0.1) is 6.92 Å². The van der Waals surface area contributed by atoms with Gasteiger partial charge in [-0.05, 0) is 19.1 Å². The highest BCUT2D eigenvalue weighted by Gasteiger charge is 2.30. The molecule has 1 aliphatic heterocycles. The van der Waals surface area contributed by atoms with Gasteiger partial charge in [0, 0.05) is 13.1 Å². The lowest BCUT2D eigenvalue weighted by molar-refractivity contribution is -0.133. The van der Waals surface area contributed by atoms with Crippen molar-refractivity contribution in [3.05, 3.63) is 42.8 Å². The zero-order valence-electron chi connectivity index (χ0n) is 11.9. The monoisotopic (exact) mass is 287 g/mol. The van der Waals surface area contributed by atoms with E-state index in [1.165, 1.54) is 15.9 Å². The number of nitrogens with zero attached hydrogens (tertiary/aromatic N) is 3. The molecule has 0 aliphatic carbocycles. The molecule has 110 valence electrons. The predicted octanol–water partition coefficient (Wildman–Crippen LogP) is 1.54. The lowest BCUT2D eigenvalue weighted by Gasteiger charge is -2.31. The molecule has 0 aromatic carbocycles. The Morgan fingerprint density at radius 2 is 2.14 bits per heavy atom. The quantitative estimate of drug-likeness (QED) is 0.622. The van der Waals surface area contributed by atoms with Crippen molar-refractivity contribution in [2.45, 2.75) is 6.92 Å². The van der Waals surface area contributed by atoms with Crippen molar-refractivity contribution in [1.82, 2.24) is 9.88 Å². The predicted molar refractivity (Wildman–Crippen MR) is 79.6 cm³/mol. The number of carbonyl (C=O) groups excluding carboxylic acids is 2. The number of carbonyl (C=O) groups is 2. The summed E-state index contributed by atoms with van der Waals surface area (Å²) in [7, 11) is 0. The highest BCUT2D eigenvalue weighted by Crippen LogP contribution is 2.21. The summed E-state index contributed by atoms with van der Waals surface area (Å²) in [5.41, 5.74) is 0.655. The first-order chi connectivity index (χ1) is 10.1. The van der Waals surface area contributed by atoms with Crippen molar-refractivity contribution >= 4 is 23.9 Å². The van der Waals surface area contributed by atoms with Crippen LogP contribution in [0.3, 0.4) is 0 Å². The number of aryl methyl sites for hydroxylation is 1. The SMILES string of the molecule is C=C/C=C\c1nc(N2CCN(C(=O)C=C)CC2=O)oc1C. The third-order valence-electron chi connectivity index (χ3n) is 3.15. The van der Waals surface area contributed by atoms with Crippen molar-refractivity contribution < 1.29 is 14.0 Å². The molecule has 2 amide bonds. The molecule has 0 bridgehead atoms. The van der Waals surface area contributed by atoms with Gasteiger partial charge >= 0.3 is 6.01 Å². The maximum absolute atomic E-state index is 12.1. The molecule has 0 radical (unpaired) electrons. The zero-order valence-corrected chi connectivity index (χ0v) is 11.9. The van der Waals surface area contributed by atoms with E-state index in [2.05, 4.69) is 18.1 Å². The van der Waals surface area contributed by atoms with E-state index in [1.54, 1.807) is 25.2 Å². The summed E-state index contributed by atoms with van der Waals surface area (Å²) in [6.45, 7) is 9.57. The molecule has 0 saturated carbocycles.